The molecule has 1 saturated heterocycles. The van der Waals surface area contributed by atoms with E-state index in [-0.39, 0.29) is 23.7 Å². The highest BCUT2D eigenvalue weighted by Crippen LogP contribution is 2.39. The average molecular weight is 210 g/mol. The van der Waals surface area contributed by atoms with Crippen molar-refractivity contribution in [1.29, 1.82) is 0 Å². The minimum Gasteiger partial charge on any atom is -0.315 e. The van der Waals surface area contributed by atoms with Gasteiger partial charge in [-0.1, -0.05) is 13.3 Å². The highest BCUT2D eigenvalue weighted by Gasteiger charge is 2.49. The Labute approximate surface area is 90.0 Å². The van der Waals surface area contributed by atoms with Crippen molar-refractivity contribution in [3.05, 3.63) is 0 Å². The Bertz CT molecular complexity index is 256. The van der Waals surface area contributed by atoms with Crippen molar-refractivity contribution in [3.8, 4) is 0 Å². The Morgan fingerprint density at radius 3 is 2.40 bits per heavy atom. The number of likely N-dealkylation sites (tertiary alicyclic amines) is 1. The van der Waals surface area contributed by atoms with E-state index in [1.54, 1.807) is 0 Å². The van der Waals surface area contributed by atoms with E-state index in [0.717, 1.165) is 25.8 Å². The maximum atomic E-state index is 11.9. The van der Waals surface area contributed by atoms with Gasteiger partial charge in [-0.2, -0.15) is 0 Å². The first kappa shape index (κ1) is 10.6. The number of likely N-dealkylation sites (N-methyl/N-ethyl adjacent to an activating group) is 1. The molecule has 1 aliphatic heterocycles. The third-order valence-electron chi connectivity index (χ3n) is 3.44. The Hall–Kier alpha value is -0.900. The molecule has 0 aromatic carbocycles. The van der Waals surface area contributed by atoms with Crippen LogP contribution in [-0.2, 0) is 9.59 Å². The Kier molecular flexibility index (Phi) is 3.05. The van der Waals surface area contributed by atoms with Crippen LogP contribution in [0.3, 0.4) is 0 Å². The minimum atomic E-state index is 0.0131. The first-order valence-corrected chi connectivity index (χ1v) is 5.81. The molecule has 0 radical (unpaired) electrons. The van der Waals surface area contributed by atoms with E-state index in [4.69, 9.17) is 0 Å². The van der Waals surface area contributed by atoms with E-state index in [2.05, 4.69) is 5.32 Å². The summed E-state index contributed by atoms with van der Waals surface area (Å²) >= 11 is 0. The number of nitrogens with one attached hydrogen (secondary N) is 1. The van der Waals surface area contributed by atoms with Crippen LogP contribution in [-0.4, -0.2) is 36.3 Å². The van der Waals surface area contributed by atoms with E-state index in [1.165, 1.54) is 4.90 Å². The summed E-state index contributed by atoms with van der Waals surface area (Å²) < 4.78 is 0. The number of carbonyl (C=O) groups excluding carboxylic acids is 2. The van der Waals surface area contributed by atoms with E-state index in [0.29, 0.717) is 13.1 Å². The second kappa shape index (κ2) is 4.31. The molecule has 1 N–H and O–H groups in total. The smallest absolute Gasteiger partial charge is 0.233 e. The zero-order valence-corrected chi connectivity index (χ0v) is 9.16. The van der Waals surface area contributed by atoms with Gasteiger partial charge in [0.2, 0.25) is 11.8 Å². The van der Waals surface area contributed by atoms with Crippen LogP contribution in [0.5, 0.6) is 0 Å². The number of nitrogens with zero attached hydrogens (tertiary/aromatic N) is 1. The van der Waals surface area contributed by atoms with Gasteiger partial charge in [0.05, 0.1) is 11.8 Å². The van der Waals surface area contributed by atoms with Crippen LogP contribution in [0.4, 0.5) is 0 Å². The zero-order chi connectivity index (χ0) is 10.8. The number of hydrogen-bond donors (Lipinski definition) is 1. The van der Waals surface area contributed by atoms with Crippen LogP contribution >= 0.6 is 0 Å². The zero-order valence-electron chi connectivity index (χ0n) is 9.16. The average Bonchev–Trinajstić information content (AvgIpc) is 2.77. The Morgan fingerprint density at radius 1 is 1.27 bits per heavy atom. The third-order valence-corrected chi connectivity index (χ3v) is 3.44. The molecule has 2 atom stereocenters. The summed E-state index contributed by atoms with van der Waals surface area (Å²) in [4.78, 5) is 25.2. The lowest BCUT2D eigenvalue weighted by Gasteiger charge is -2.15. The molecule has 4 nitrogen and oxygen atoms in total. The topological polar surface area (TPSA) is 49.4 Å². The van der Waals surface area contributed by atoms with Gasteiger partial charge in [-0.3, -0.25) is 14.5 Å². The van der Waals surface area contributed by atoms with Crippen LogP contribution in [0.15, 0.2) is 0 Å². The molecule has 1 heterocycles. The predicted octanol–water partition coefficient (Wildman–Crippen LogP) is 0.381. The van der Waals surface area contributed by atoms with Crippen LogP contribution in [0.25, 0.3) is 0 Å². The molecule has 2 aliphatic rings. The van der Waals surface area contributed by atoms with Gasteiger partial charge in [-0.15, -0.1) is 0 Å². The van der Waals surface area contributed by atoms with Crippen LogP contribution in [0, 0.1) is 11.8 Å². The number of rotatable bonds is 4. The van der Waals surface area contributed by atoms with Crippen molar-refractivity contribution in [2.24, 2.45) is 11.8 Å². The van der Waals surface area contributed by atoms with Crippen molar-refractivity contribution in [2.75, 3.05) is 19.6 Å². The summed E-state index contributed by atoms with van der Waals surface area (Å²) in [6.07, 6.45) is 2.85. The van der Waals surface area contributed by atoms with E-state index in [1.807, 2.05) is 6.92 Å². The predicted molar refractivity (Wildman–Crippen MR) is 56.1 cm³/mol. The van der Waals surface area contributed by atoms with Gasteiger partial charge in [0.25, 0.3) is 0 Å². The molecule has 0 aromatic heterocycles. The highest BCUT2D eigenvalue weighted by atomic mass is 16.2. The largest absolute Gasteiger partial charge is 0.315 e. The van der Waals surface area contributed by atoms with Gasteiger partial charge >= 0.3 is 0 Å². The maximum Gasteiger partial charge on any atom is 0.233 e. The van der Waals surface area contributed by atoms with Gasteiger partial charge in [0.1, 0.15) is 0 Å². The van der Waals surface area contributed by atoms with Crippen molar-refractivity contribution in [3.63, 3.8) is 0 Å². The molecule has 1 saturated carbocycles. The van der Waals surface area contributed by atoms with Gasteiger partial charge in [0, 0.05) is 13.1 Å². The monoisotopic (exact) mass is 210 g/mol. The molecule has 2 fully saturated rings. The summed E-state index contributed by atoms with van der Waals surface area (Å²) in [5.41, 5.74) is 0. The van der Waals surface area contributed by atoms with Gasteiger partial charge < -0.3 is 5.32 Å². The Morgan fingerprint density at radius 2 is 1.87 bits per heavy atom. The van der Waals surface area contributed by atoms with Crippen molar-refractivity contribution >= 4 is 11.8 Å². The molecule has 2 rings (SSSR count). The molecule has 4 heteroatoms. The lowest BCUT2D eigenvalue weighted by molar-refractivity contribution is -0.140. The van der Waals surface area contributed by atoms with Gasteiger partial charge in [-0.05, 0) is 19.4 Å². The van der Waals surface area contributed by atoms with Gasteiger partial charge in [0.15, 0.2) is 0 Å². The molecule has 15 heavy (non-hydrogen) atoms. The van der Waals surface area contributed by atoms with E-state index < -0.39 is 0 Å². The van der Waals surface area contributed by atoms with Crippen LogP contribution in [0.2, 0.25) is 0 Å². The third kappa shape index (κ3) is 1.78. The fourth-order valence-corrected chi connectivity index (χ4v) is 2.65. The number of imide groups is 1. The molecule has 84 valence electrons. The van der Waals surface area contributed by atoms with E-state index >= 15 is 0 Å². The Balaban J connectivity index is 1.95. The van der Waals surface area contributed by atoms with Gasteiger partial charge in [-0.25, -0.2) is 0 Å². The number of amides is 2. The maximum absolute atomic E-state index is 11.9. The summed E-state index contributed by atoms with van der Waals surface area (Å²) in [5, 5.41) is 3.14. The lowest BCUT2D eigenvalue weighted by Crippen LogP contribution is -2.37. The quantitative estimate of drug-likeness (QED) is 0.539. The molecular formula is C11H18N2O2. The SMILES string of the molecule is CCNCCN1C(=O)C2CCCC2C1=O. The fourth-order valence-electron chi connectivity index (χ4n) is 2.65. The number of hydrogen-bond acceptors (Lipinski definition) is 3. The molecule has 0 aromatic rings. The first-order chi connectivity index (χ1) is 7.25. The normalized spacial score (nSPS) is 30.1. The summed E-state index contributed by atoms with van der Waals surface area (Å²) in [7, 11) is 0. The van der Waals surface area contributed by atoms with Crippen LogP contribution in [0.1, 0.15) is 26.2 Å². The fraction of sp³-hybridized carbons (Fsp3) is 0.818. The summed E-state index contributed by atoms with van der Waals surface area (Å²) in [6, 6.07) is 0. The minimum absolute atomic E-state index is 0.0131. The molecule has 0 spiro atoms. The number of carbonyl (C=O) groups is 2. The van der Waals surface area contributed by atoms with Crippen LogP contribution < -0.4 is 5.32 Å². The molecule has 2 unspecified atom stereocenters. The lowest BCUT2D eigenvalue weighted by atomic mass is 10.00. The van der Waals surface area contributed by atoms with E-state index in [9.17, 15) is 9.59 Å². The second-order valence-corrected chi connectivity index (χ2v) is 4.33. The highest BCUT2D eigenvalue weighted by molar-refractivity contribution is 6.05. The molecule has 1 aliphatic carbocycles. The van der Waals surface area contributed by atoms with Crippen molar-refractivity contribution in [1.82, 2.24) is 10.2 Å². The van der Waals surface area contributed by atoms with Crippen molar-refractivity contribution in [2.45, 2.75) is 26.2 Å². The summed E-state index contributed by atoms with van der Waals surface area (Å²) in [5.74, 6) is 0.166. The number of fused-ring (bicyclic) bond motifs is 1. The standard InChI is InChI=1S/C11H18N2O2/c1-2-12-6-7-13-10(14)8-4-3-5-9(8)11(13)15/h8-9,12H,2-7H2,1H3. The molecular weight excluding hydrogens is 192 g/mol. The van der Waals surface area contributed by atoms with Crippen molar-refractivity contribution < 1.29 is 9.59 Å². The molecule has 0 bridgehead atoms. The first-order valence-electron chi connectivity index (χ1n) is 5.81. The molecule has 2 amide bonds. The second-order valence-electron chi connectivity index (χ2n) is 4.33. The summed E-state index contributed by atoms with van der Waals surface area (Å²) in [6.45, 7) is 4.15.